The molecule has 0 aliphatic heterocycles. The molecular weight excluding hydrogens is 301 g/mol. The highest BCUT2D eigenvalue weighted by molar-refractivity contribution is 6.42. The normalized spacial score (nSPS) is 10.6. The zero-order chi connectivity index (χ0) is 14.5. The first kappa shape index (κ1) is 14.8. The maximum Gasteiger partial charge on any atom is 0.224 e. The molecule has 1 aromatic carbocycles. The minimum absolute atomic E-state index is 0.265. The summed E-state index contributed by atoms with van der Waals surface area (Å²) in [7, 11) is 0. The highest BCUT2D eigenvalue weighted by Gasteiger charge is 2.09. The van der Waals surface area contributed by atoms with E-state index in [2.05, 4.69) is 9.97 Å². The molecule has 0 saturated heterocycles. The van der Waals surface area contributed by atoms with Crippen molar-refractivity contribution in [1.29, 1.82) is 0 Å². The van der Waals surface area contributed by atoms with E-state index in [0.717, 1.165) is 0 Å². The van der Waals surface area contributed by atoms with Gasteiger partial charge in [-0.2, -0.15) is 4.98 Å². The van der Waals surface area contributed by atoms with Crippen LogP contribution < -0.4 is 10.5 Å². The van der Waals surface area contributed by atoms with Crippen LogP contribution in [0.15, 0.2) is 24.3 Å². The van der Waals surface area contributed by atoms with Crippen LogP contribution in [0.5, 0.6) is 11.6 Å². The van der Waals surface area contributed by atoms with Crippen LogP contribution in [-0.4, -0.2) is 16.6 Å². The molecule has 5 nitrogen and oxygen atoms in total. The first-order valence-corrected chi connectivity index (χ1v) is 6.68. The molecule has 0 fully saturated rings. The number of aromatic nitrogens is 2. The Morgan fingerprint density at radius 1 is 1.25 bits per heavy atom. The highest BCUT2D eigenvalue weighted by Crippen LogP contribution is 2.34. The number of hydrogen-bond donors (Lipinski definition) is 1. The van der Waals surface area contributed by atoms with Crippen LogP contribution in [-0.2, 0) is 11.3 Å². The molecule has 7 heteroatoms. The van der Waals surface area contributed by atoms with E-state index in [1.54, 1.807) is 18.2 Å². The molecule has 0 atom stereocenters. The lowest BCUT2D eigenvalue weighted by atomic mass is 10.3. The predicted molar refractivity (Wildman–Crippen MR) is 78.3 cm³/mol. The zero-order valence-electron chi connectivity index (χ0n) is 10.8. The second kappa shape index (κ2) is 6.74. The summed E-state index contributed by atoms with van der Waals surface area (Å²) in [5.41, 5.74) is 5.71. The Kier molecular flexibility index (Phi) is 5.00. The molecule has 0 aliphatic rings. The molecule has 0 saturated carbocycles. The van der Waals surface area contributed by atoms with E-state index in [0.29, 0.717) is 34.0 Å². The Balaban J connectivity index is 2.24. The Hall–Kier alpha value is -1.56. The average molecular weight is 314 g/mol. The first-order chi connectivity index (χ1) is 9.60. The molecule has 2 rings (SSSR count). The Morgan fingerprint density at radius 2 is 2.05 bits per heavy atom. The minimum Gasteiger partial charge on any atom is -0.437 e. The van der Waals surface area contributed by atoms with Crippen molar-refractivity contribution in [2.24, 2.45) is 0 Å². The number of halogens is 2. The van der Waals surface area contributed by atoms with E-state index in [4.69, 9.17) is 38.4 Å². The fraction of sp³-hybridized carbons (Fsp3) is 0.231. The molecule has 1 heterocycles. The number of rotatable bonds is 5. The van der Waals surface area contributed by atoms with E-state index in [9.17, 15) is 0 Å². The molecule has 0 radical (unpaired) electrons. The van der Waals surface area contributed by atoms with Gasteiger partial charge in [0.05, 0.1) is 5.02 Å². The van der Waals surface area contributed by atoms with Gasteiger partial charge in [-0.1, -0.05) is 29.3 Å². The lowest BCUT2D eigenvalue weighted by Gasteiger charge is -2.09. The number of anilines is 1. The number of nitrogen functional groups attached to an aromatic ring is 1. The van der Waals surface area contributed by atoms with Gasteiger partial charge >= 0.3 is 0 Å². The second-order valence-electron chi connectivity index (χ2n) is 3.84. The first-order valence-electron chi connectivity index (χ1n) is 5.93. The van der Waals surface area contributed by atoms with Gasteiger partial charge in [0.2, 0.25) is 5.88 Å². The lowest BCUT2D eigenvalue weighted by molar-refractivity contribution is 0.128. The number of benzene rings is 1. The van der Waals surface area contributed by atoms with Gasteiger partial charge in [-0.25, -0.2) is 4.98 Å². The SMILES string of the molecule is CCOCc1nc(N)cc(Oc2cccc(Cl)c2Cl)n1. The van der Waals surface area contributed by atoms with Gasteiger partial charge in [-0.05, 0) is 19.1 Å². The summed E-state index contributed by atoms with van der Waals surface area (Å²) in [4.78, 5) is 8.25. The van der Waals surface area contributed by atoms with Crippen LogP contribution in [0, 0.1) is 0 Å². The maximum atomic E-state index is 6.05. The summed E-state index contributed by atoms with van der Waals surface area (Å²) in [6, 6.07) is 6.60. The molecule has 2 aromatic rings. The minimum atomic E-state index is 0.265. The third-order valence-electron chi connectivity index (χ3n) is 2.33. The van der Waals surface area contributed by atoms with Crippen molar-refractivity contribution in [2.45, 2.75) is 13.5 Å². The fourth-order valence-corrected chi connectivity index (χ4v) is 1.81. The van der Waals surface area contributed by atoms with Crippen molar-refractivity contribution in [3.8, 4) is 11.6 Å². The van der Waals surface area contributed by atoms with Crippen LogP contribution >= 0.6 is 23.2 Å². The monoisotopic (exact) mass is 313 g/mol. The van der Waals surface area contributed by atoms with Crippen molar-refractivity contribution >= 4 is 29.0 Å². The van der Waals surface area contributed by atoms with E-state index < -0.39 is 0 Å². The largest absolute Gasteiger partial charge is 0.437 e. The Morgan fingerprint density at radius 3 is 2.80 bits per heavy atom. The molecule has 0 unspecified atom stereocenters. The van der Waals surface area contributed by atoms with Gasteiger partial charge in [0.15, 0.2) is 5.82 Å². The average Bonchev–Trinajstić information content (AvgIpc) is 2.41. The molecule has 0 bridgehead atoms. The number of nitrogens with zero attached hydrogens (tertiary/aromatic N) is 2. The van der Waals surface area contributed by atoms with Gasteiger partial charge < -0.3 is 15.2 Å². The summed E-state index contributed by atoms with van der Waals surface area (Å²) in [5.74, 6) is 1.43. The van der Waals surface area contributed by atoms with Crippen LogP contribution in [0.25, 0.3) is 0 Å². The molecule has 20 heavy (non-hydrogen) atoms. The molecule has 2 N–H and O–H groups in total. The number of hydrogen-bond acceptors (Lipinski definition) is 5. The summed E-state index contributed by atoms with van der Waals surface area (Å²) in [6.07, 6.45) is 0. The zero-order valence-corrected chi connectivity index (χ0v) is 12.3. The summed E-state index contributed by atoms with van der Waals surface area (Å²) in [6.45, 7) is 2.71. The number of ether oxygens (including phenoxy) is 2. The van der Waals surface area contributed by atoms with Crippen molar-refractivity contribution in [2.75, 3.05) is 12.3 Å². The standard InChI is InChI=1S/C13H13Cl2N3O2/c1-2-19-7-11-17-10(16)6-12(18-11)20-9-5-3-4-8(14)13(9)15/h3-6H,2,7H2,1H3,(H2,16,17,18). The third kappa shape index (κ3) is 3.72. The molecule has 1 aromatic heterocycles. The number of nitrogens with two attached hydrogens (primary N) is 1. The summed E-state index contributed by atoms with van der Waals surface area (Å²) >= 11 is 12.0. The molecule has 0 amide bonds. The third-order valence-corrected chi connectivity index (χ3v) is 3.14. The maximum absolute atomic E-state index is 6.05. The quantitative estimate of drug-likeness (QED) is 0.911. The van der Waals surface area contributed by atoms with E-state index in [-0.39, 0.29) is 12.5 Å². The van der Waals surface area contributed by atoms with Crippen molar-refractivity contribution < 1.29 is 9.47 Å². The van der Waals surface area contributed by atoms with Crippen molar-refractivity contribution in [1.82, 2.24) is 9.97 Å². The fourth-order valence-electron chi connectivity index (χ4n) is 1.48. The topological polar surface area (TPSA) is 70.3 Å². The molecule has 0 spiro atoms. The van der Waals surface area contributed by atoms with Crippen LogP contribution in [0.2, 0.25) is 10.0 Å². The Labute approximate surface area is 126 Å². The summed E-state index contributed by atoms with van der Waals surface area (Å²) in [5, 5.41) is 0.721. The predicted octanol–water partition coefficient (Wildman–Crippen LogP) is 3.69. The van der Waals surface area contributed by atoms with Crippen LogP contribution in [0.3, 0.4) is 0 Å². The van der Waals surface area contributed by atoms with Gasteiger partial charge in [0.1, 0.15) is 23.2 Å². The van der Waals surface area contributed by atoms with Gasteiger partial charge in [0.25, 0.3) is 0 Å². The Bertz CT molecular complexity index is 608. The van der Waals surface area contributed by atoms with Crippen molar-refractivity contribution in [3.63, 3.8) is 0 Å². The highest BCUT2D eigenvalue weighted by atomic mass is 35.5. The lowest BCUT2D eigenvalue weighted by Crippen LogP contribution is -2.03. The smallest absolute Gasteiger partial charge is 0.224 e. The molecular formula is C13H13Cl2N3O2. The summed E-state index contributed by atoms with van der Waals surface area (Å²) < 4.78 is 10.8. The second-order valence-corrected chi connectivity index (χ2v) is 4.62. The molecule has 106 valence electrons. The van der Waals surface area contributed by atoms with E-state index >= 15 is 0 Å². The van der Waals surface area contributed by atoms with Gasteiger partial charge in [-0.15, -0.1) is 0 Å². The van der Waals surface area contributed by atoms with E-state index in [1.807, 2.05) is 6.92 Å². The van der Waals surface area contributed by atoms with Crippen molar-refractivity contribution in [3.05, 3.63) is 40.1 Å². The molecule has 0 aliphatic carbocycles. The van der Waals surface area contributed by atoms with E-state index in [1.165, 1.54) is 6.07 Å². The van der Waals surface area contributed by atoms with Gasteiger partial charge in [-0.3, -0.25) is 0 Å². The van der Waals surface area contributed by atoms with Crippen LogP contribution in [0.4, 0.5) is 5.82 Å². The van der Waals surface area contributed by atoms with Crippen LogP contribution in [0.1, 0.15) is 12.7 Å². The van der Waals surface area contributed by atoms with Gasteiger partial charge in [0, 0.05) is 12.7 Å².